The molecule has 0 aliphatic carbocycles. The third kappa shape index (κ3) is 2.66. The van der Waals surface area contributed by atoms with Gasteiger partial charge in [0.1, 0.15) is 11.6 Å². The van der Waals surface area contributed by atoms with Crippen LogP contribution in [0.1, 0.15) is 11.4 Å². The van der Waals surface area contributed by atoms with Crippen LogP contribution in [0.4, 0.5) is 0 Å². The summed E-state index contributed by atoms with van der Waals surface area (Å²) in [4.78, 5) is 19.5. The van der Waals surface area contributed by atoms with Crippen molar-refractivity contribution >= 4 is 10.9 Å². The summed E-state index contributed by atoms with van der Waals surface area (Å²) in [5.41, 5.74) is 2.73. The summed E-state index contributed by atoms with van der Waals surface area (Å²) in [6.07, 6.45) is 2.24. The van der Waals surface area contributed by atoms with Gasteiger partial charge in [-0.1, -0.05) is 36.4 Å². The minimum Gasteiger partial charge on any atom is -0.464 e. The van der Waals surface area contributed by atoms with Crippen LogP contribution < -0.4 is 5.56 Å². The number of hydrogen-bond donors (Lipinski definition) is 1. The van der Waals surface area contributed by atoms with Gasteiger partial charge in [0.25, 0.3) is 5.56 Å². The molecule has 0 spiro atoms. The lowest BCUT2D eigenvalue weighted by molar-refractivity contribution is 0.582. The highest BCUT2D eigenvalue weighted by Gasteiger charge is 2.05. The highest BCUT2D eigenvalue weighted by Crippen LogP contribution is 2.20. The molecule has 4 aromatic rings. The molecule has 23 heavy (non-hydrogen) atoms. The Balaban J connectivity index is 1.64. The van der Waals surface area contributed by atoms with E-state index in [9.17, 15) is 4.79 Å². The Morgan fingerprint density at radius 1 is 0.957 bits per heavy atom. The van der Waals surface area contributed by atoms with Crippen molar-refractivity contribution in [3.8, 4) is 11.3 Å². The maximum atomic E-state index is 12.1. The first-order chi connectivity index (χ1) is 11.3. The van der Waals surface area contributed by atoms with E-state index in [0.717, 1.165) is 22.4 Å². The first kappa shape index (κ1) is 13.5. The van der Waals surface area contributed by atoms with Crippen molar-refractivity contribution in [3.63, 3.8) is 0 Å². The molecule has 0 fully saturated rings. The summed E-state index contributed by atoms with van der Waals surface area (Å²) in [6.45, 7) is 0. The molecule has 2 aromatic heterocycles. The van der Waals surface area contributed by atoms with Gasteiger partial charge >= 0.3 is 0 Å². The van der Waals surface area contributed by atoms with Gasteiger partial charge in [-0.05, 0) is 29.8 Å². The first-order valence-corrected chi connectivity index (χ1v) is 7.40. The molecule has 0 atom stereocenters. The van der Waals surface area contributed by atoms with Crippen molar-refractivity contribution in [2.75, 3.05) is 0 Å². The van der Waals surface area contributed by atoms with Crippen LogP contribution in [-0.2, 0) is 6.42 Å². The fourth-order valence-electron chi connectivity index (χ4n) is 2.64. The number of nitrogens with one attached hydrogen (secondary N) is 1. The van der Waals surface area contributed by atoms with Crippen molar-refractivity contribution in [3.05, 3.63) is 88.7 Å². The molecule has 0 unspecified atom stereocenters. The number of rotatable bonds is 3. The maximum Gasteiger partial charge on any atom is 0.258 e. The van der Waals surface area contributed by atoms with Gasteiger partial charge in [-0.3, -0.25) is 4.79 Å². The van der Waals surface area contributed by atoms with Gasteiger partial charge in [-0.15, -0.1) is 0 Å². The standard InChI is InChI=1S/C19H14N2O2/c22-19-15-4-1-2-5-16(15)20-18(21-19)12-13-7-9-14(10-8-13)17-6-3-11-23-17/h1-11H,12H2,(H,20,21,22). The van der Waals surface area contributed by atoms with Crippen LogP contribution in [0.2, 0.25) is 0 Å². The Morgan fingerprint density at radius 3 is 2.57 bits per heavy atom. The maximum absolute atomic E-state index is 12.1. The van der Waals surface area contributed by atoms with Crippen LogP contribution in [0.15, 0.2) is 76.1 Å². The monoisotopic (exact) mass is 302 g/mol. The van der Waals surface area contributed by atoms with Crippen LogP contribution in [0.25, 0.3) is 22.2 Å². The molecule has 0 amide bonds. The number of fused-ring (bicyclic) bond motifs is 1. The van der Waals surface area contributed by atoms with E-state index >= 15 is 0 Å². The van der Waals surface area contributed by atoms with Crippen molar-refractivity contribution in [1.82, 2.24) is 9.97 Å². The second-order valence-electron chi connectivity index (χ2n) is 5.38. The number of nitrogens with zero attached hydrogens (tertiary/aromatic N) is 1. The summed E-state index contributed by atoms with van der Waals surface area (Å²) >= 11 is 0. The van der Waals surface area contributed by atoms with Gasteiger partial charge in [0.15, 0.2) is 0 Å². The van der Waals surface area contributed by atoms with E-state index in [1.165, 1.54) is 0 Å². The normalized spacial score (nSPS) is 11.0. The molecule has 112 valence electrons. The van der Waals surface area contributed by atoms with Gasteiger partial charge in [-0.2, -0.15) is 0 Å². The van der Waals surface area contributed by atoms with Crippen molar-refractivity contribution in [1.29, 1.82) is 0 Å². The molecule has 0 saturated heterocycles. The fraction of sp³-hybridized carbons (Fsp3) is 0.0526. The molecule has 4 nitrogen and oxygen atoms in total. The van der Waals surface area contributed by atoms with E-state index in [1.54, 1.807) is 12.3 Å². The average molecular weight is 302 g/mol. The van der Waals surface area contributed by atoms with E-state index < -0.39 is 0 Å². The molecule has 0 aliphatic rings. The highest BCUT2D eigenvalue weighted by atomic mass is 16.3. The zero-order valence-electron chi connectivity index (χ0n) is 12.3. The molecular formula is C19H14N2O2. The van der Waals surface area contributed by atoms with Crippen molar-refractivity contribution in [2.24, 2.45) is 0 Å². The first-order valence-electron chi connectivity index (χ1n) is 7.40. The van der Waals surface area contributed by atoms with Gasteiger partial charge in [0.2, 0.25) is 0 Å². The van der Waals surface area contributed by atoms with Crippen LogP contribution in [0.3, 0.4) is 0 Å². The Kier molecular flexibility index (Phi) is 3.27. The van der Waals surface area contributed by atoms with Gasteiger partial charge in [0, 0.05) is 12.0 Å². The largest absolute Gasteiger partial charge is 0.464 e. The molecule has 0 radical (unpaired) electrons. The number of aromatic nitrogens is 2. The minimum absolute atomic E-state index is 0.0993. The zero-order chi connectivity index (χ0) is 15.6. The lowest BCUT2D eigenvalue weighted by Gasteiger charge is -2.04. The third-order valence-corrected chi connectivity index (χ3v) is 3.79. The Hall–Kier alpha value is -3.14. The molecule has 0 bridgehead atoms. The average Bonchev–Trinajstić information content (AvgIpc) is 3.10. The SMILES string of the molecule is O=c1[nH]c(Cc2ccc(-c3ccco3)cc2)nc2ccccc12. The van der Waals surface area contributed by atoms with Crippen molar-refractivity contribution < 1.29 is 4.42 Å². The molecule has 2 aromatic carbocycles. The van der Waals surface area contributed by atoms with Crippen LogP contribution >= 0.6 is 0 Å². The van der Waals surface area contributed by atoms with E-state index in [-0.39, 0.29) is 5.56 Å². The summed E-state index contributed by atoms with van der Waals surface area (Å²) in [7, 11) is 0. The summed E-state index contributed by atoms with van der Waals surface area (Å²) in [5.74, 6) is 1.51. The minimum atomic E-state index is -0.0993. The number of H-pyrrole nitrogens is 1. The summed E-state index contributed by atoms with van der Waals surface area (Å²) < 4.78 is 5.38. The molecular weight excluding hydrogens is 288 g/mol. The van der Waals surface area contributed by atoms with E-state index in [2.05, 4.69) is 9.97 Å². The second kappa shape index (κ2) is 5.57. The van der Waals surface area contributed by atoms with Crippen LogP contribution in [-0.4, -0.2) is 9.97 Å². The quantitative estimate of drug-likeness (QED) is 0.626. The molecule has 4 rings (SSSR count). The molecule has 1 N–H and O–H groups in total. The van der Waals surface area contributed by atoms with Gasteiger partial charge in [0.05, 0.1) is 17.2 Å². The van der Waals surface area contributed by atoms with E-state index in [0.29, 0.717) is 17.6 Å². The Labute approximate surface area is 132 Å². The third-order valence-electron chi connectivity index (χ3n) is 3.79. The fourth-order valence-corrected chi connectivity index (χ4v) is 2.64. The molecule has 2 heterocycles. The second-order valence-corrected chi connectivity index (χ2v) is 5.38. The van der Waals surface area contributed by atoms with Gasteiger partial charge < -0.3 is 9.40 Å². The van der Waals surface area contributed by atoms with Crippen LogP contribution in [0, 0.1) is 0 Å². The lowest BCUT2D eigenvalue weighted by Crippen LogP contribution is -2.12. The number of aromatic amines is 1. The number of hydrogen-bond acceptors (Lipinski definition) is 3. The summed E-state index contributed by atoms with van der Waals surface area (Å²) in [5, 5.41) is 0.615. The molecule has 4 heteroatoms. The van der Waals surface area contributed by atoms with E-state index in [1.807, 2.05) is 54.6 Å². The van der Waals surface area contributed by atoms with E-state index in [4.69, 9.17) is 4.42 Å². The Bertz CT molecular complexity index is 1000. The van der Waals surface area contributed by atoms with Gasteiger partial charge in [-0.25, -0.2) is 4.98 Å². The number of para-hydroxylation sites is 1. The zero-order valence-corrected chi connectivity index (χ0v) is 12.3. The van der Waals surface area contributed by atoms with Crippen LogP contribution in [0.5, 0.6) is 0 Å². The predicted molar refractivity (Wildman–Crippen MR) is 89.3 cm³/mol. The lowest BCUT2D eigenvalue weighted by atomic mass is 10.1. The Morgan fingerprint density at radius 2 is 1.78 bits per heavy atom. The highest BCUT2D eigenvalue weighted by molar-refractivity contribution is 5.77. The topological polar surface area (TPSA) is 58.9 Å². The molecule has 0 saturated carbocycles. The smallest absolute Gasteiger partial charge is 0.258 e. The van der Waals surface area contributed by atoms with Crippen molar-refractivity contribution in [2.45, 2.75) is 6.42 Å². The number of furan rings is 1. The molecule has 0 aliphatic heterocycles. The summed E-state index contributed by atoms with van der Waals surface area (Å²) in [6, 6.07) is 19.2. The number of benzene rings is 2. The predicted octanol–water partition coefficient (Wildman–Crippen LogP) is 3.77.